The maximum atomic E-state index is 14.2. The van der Waals surface area contributed by atoms with E-state index in [9.17, 15) is 14.4 Å². The summed E-state index contributed by atoms with van der Waals surface area (Å²) in [5.74, 6) is -1.00. The predicted molar refractivity (Wildman–Crippen MR) is 197 cm³/mol. The van der Waals surface area contributed by atoms with Gasteiger partial charge in [0.1, 0.15) is 0 Å². The van der Waals surface area contributed by atoms with Gasteiger partial charge in [-0.2, -0.15) is 15.6 Å². The van der Waals surface area contributed by atoms with Gasteiger partial charge >= 0.3 is 0 Å². The van der Waals surface area contributed by atoms with Crippen molar-refractivity contribution >= 4 is 70.3 Å². The number of benzene rings is 1. The Hall–Kier alpha value is -1.90. The van der Waals surface area contributed by atoms with Crippen molar-refractivity contribution in [3.05, 3.63) is 56.7 Å². The molecule has 2 heterocycles. The van der Waals surface area contributed by atoms with Crippen LogP contribution in [-0.4, -0.2) is 39.3 Å². The van der Waals surface area contributed by atoms with Crippen LogP contribution in [0.4, 0.5) is 0 Å². The number of hydrazine groups is 1. The summed E-state index contributed by atoms with van der Waals surface area (Å²) in [4.78, 5) is 41.8. The number of allylic oxidation sites excluding steroid dienone is 2. The first kappa shape index (κ1) is 38.9. The lowest BCUT2D eigenvalue weighted by Crippen LogP contribution is -2.52. The molecular weight excluding hydrogens is 690 g/mol. The molecule has 11 heteroatoms. The number of likely N-dealkylation sites (tertiary alicyclic amines) is 1. The first-order valence-corrected chi connectivity index (χ1v) is 19.3. The van der Waals surface area contributed by atoms with Gasteiger partial charge in [0.25, 0.3) is 5.91 Å². The number of carbonyl (C=O) groups excluding carboxylic acids is 3. The third-order valence-electron chi connectivity index (χ3n) is 9.74. The summed E-state index contributed by atoms with van der Waals surface area (Å²) >= 11 is 26.1. The number of alkyl halides is 1. The van der Waals surface area contributed by atoms with Gasteiger partial charge in [-0.3, -0.25) is 19.3 Å². The van der Waals surface area contributed by atoms with E-state index in [0.717, 1.165) is 37.2 Å². The van der Waals surface area contributed by atoms with Crippen molar-refractivity contribution < 1.29 is 14.4 Å². The highest BCUT2D eigenvalue weighted by molar-refractivity contribution is 6.39. The van der Waals surface area contributed by atoms with Crippen molar-refractivity contribution in [2.24, 2.45) is 16.9 Å². The second-order valence-electron chi connectivity index (χ2n) is 13.5. The van der Waals surface area contributed by atoms with Crippen LogP contribution in [0.2, 0.25) is 15.1 Å². The number of hydrazone groups is 1. The molecule has 1 aliphatic carbocycles. The third-order valence-corrected chi connectivity index (χ3v) is 10.8. The minimum atomic E-state index is -1.19. The van der Waals surface area contributed by atoms with Crippen LogP contribution in [0.15, 0.2) is 41.2 Å². The molecule has 0 saturated carbocycles. The zero-order chi connectivity index (χ0) is 34.7. The number of halogens is 4. The summed E-state index contributed by atoms with van der Waals surface area (Å²) in [6.07, 6.45) is 23.6. The van der Waals surface area contributed by atoms with Crippen LogP contribution < -0.4 is 5.43 Å². The molecule has 48 heavy (non-hydrogen) atoms. The van der Waals surface area contributed by atoms with Gasteiger partial charge in [-0.05, 0) is 50.3 Å². The standard InChI is InChI=1S/C37H50Cl4N4O3/c1-3-4-5-6-7-8-9-10-11-12-13-15-27(18-17-26(2)38)30-24-34(47)44(36(30)48)29-16-14-20-37(25-29,43-45-33(46)19-21-42-45)35-31(40)22-28(39)23-32(35)41/h14,16,20-23,26-27,30,43H,3-13,15,17-19,24-25H2,1-2H3. The van der Waals surface area contributed by atoms with Crippen molar-refractivity contribution in [1.82, 2.24) is 15.4 Å². The molecule has 4 unspecified atom stereocenters. The molecule has 1 N–H and O–H groups in total. The van der Waals surface area contributed by atoms with Crippen molar-refractivity contribution in [2.75, 3.05) is 0 Å². The summed E-state index contributed by atoms with van der Waals surface area (Å²) in [7, 11) is 0. The fraction of sp³-hybridized carbons (Fsp3) is 0.622. The second kappa shape index (κ2) is 18.9. The second-order valence-corrected chi connectivity index (χ2v) is 15.5. The Labute approximate surface area is 306 Å². The Balaban J connectivity index is 1.44. The minimum Gasteiger partial charge on any atom is -0.274 e. The van der Waals surface area contributed by atoms with Crippen LogP contribution in [0.5, 0.6) is 0 Å². The van der Waals surface area contributed by atoms with Gasteiger partial charge in [0, 0.05) is 50.8 Å². The van der Waals surface area contributed by atoms with Gasteiger partial charge in [0.15, 0.2) is 0 Å². The molecule has 264 valence electrons. The maximum Gasteiger partial charge on any atom is 0.263 e. The SMILES string of the molecule is CCCCCCCCCCCCCC(CCC(C)Cl)C1CC(=O)N(C2=CC=CC(NN3N=CCC3=O)(c3c(Cl)cc(Cl)cc3Cl)C2)C1=O. The van der Waals surface area contributed by atoms with Crippen LogP contribution in [-0.2, 0) is 19.9 Å². The monoisotopic (exact) mass is 738 g/mol. The van der Waals surface area contributed by atoms with E-state index in [1.165, 1.54) is 68.9 Å². The van der Waals surface area contributed by atoms with Crippen molar-refractivity contribution in [3.8, 4) is 0 Å². The minimum absolute atomic E-state index is 0.00385. The van der Waals surface area contributed by atoms with E-state index < -0.39 is 11.5 Å². The first-order valence-electron chi connectivity index (χ1n) is 17.7. The molecular formula is C37H50Cl4N4O3. The molecule has 0 spiro atoms. The molecule has 3 aliphatic rings. The number of hydrogen-bond acceptors (Lipinski definition) is 5. The summed E-state index contributed by atoms with van der Waals surface area (Å²) in [6, 6.07) is 3.15. The average molecular weight is 741 g/mol. The quantitative estimate of drug-likeness (QED) is 0.0820. The number of carbonyl (C=O) groups is 3. The van der Waals surface area contributed by atoms with Gasteiger partial charge < -0.3 is 0 Å². The highest BCUT2D eigenvalue weighted by Gasteiger charge is 2.47. The topological polar surface area (TPSA) is 82.1 Å². The van der Waals surface area contributed by atoms with Crippen molar-refractivity contribution in [1.29, 1.82) is 0 Å². The number of nitrogens with one attached hydrogen (secondary N) is 1. The smallest absolute Gasteiger partial charge is 0.263 e. The molecule has 0 aromatic heterocycles. The average Bonchev–Trinajstić information content (AvgIpc) is 3.56. The largest absolute Gasteiger partial charge is 0.274 e. The van der Waals surface area contributed by atoms with Gasteiger partial charge in [0.05, 0.1) is 17.9 Å². The first-order chi connectivity index (χ1) is 23.1. The summed E-state index contributed by atoms with van der Waals surface area (Å²) in [5, 5.41) is 6.24. The molecule has 1 aromatic rings. The molecule has 0 bridgehead atoms. The number of rotatable bonds is 20. The van der Waals surface area contributed by atoms with E-state index in [0.29, 0.717) is 16.3 Å². The molecule has 1 fully saturated rings. The van der Waals surface area contributed by atoms with Crippen LogP contribution in [0.3, 0.4) is 0 Å². The van der Waals surface area contributed by atoms with E-state index in [1.54, 1.807) is 24.3 Å². The molecule has 0 radical (unpaired) electrons. The van der Waals surface area contributed by atoms with Gasteiger partial charge in [0.2, 0.25) is 11.8 Å². The summed E-state index contributed by atoms with van der Waals surface area (Å²) in [6.45, 7) is 4.22. The van der Waals surface area contributed by atoms with E-state index in [2.05, 4.69) is 17.5 Å². The zero-order valence-electron chi connectivity index (χ0n) is 28.3. The van der Waals surface area contributed by atoms with E-state index in [4.69, 9.17) is 46.4 Å². The Bertz CT molecular complexity index is 1360. The van der Waals surface area contributed by atoms with Crippen LogP contribution in [0, 0.1) is 11.8 Å². The van der Waals surface area contributed by atoms with E-state index in [-0.39, 0.29) is 58.3 Å². The van der Waals surface area contributed by atoms with E-state index >= 15 is 0 Å². The van der Waals surface area contributed by atoms with Crippen LogP contribution >= 0.6 is 46.4 Å². The summed E-state index contributed by atoms with van der Waals surface area (Å²) < 4.78 is 0. The highest BCUT2D eigenvalue weighted by atomic mass is 35.5. The fourth-order valence-corrected chi connectivity index (χ4v) is 8.45. The normalized spacial score (nSPS) is 22.2. The van der Waals surface area contributed by atoms with Crippen molar-refractivity contribution in [2.45, 2.75) is 134 Å². The summed E-state index contributed by atoms with van der Waals surface area (Å²) in [5.41, 5.74) is 2.97. The lowest BCUT2D eigenvalue weighted by molar-refractivity contribution is -0.138. The lowest BCUT2D eigenvalue weighted by Gasteiger charge is -2.39. The maximum absolute atomic E-state index is 14.2. The molecule has 1 saturated heterocycles. The molecule has 4 rings (SSSR count). The van der Waals surface area contributed by atoms with Gasteiger partial charge in [-0.25, -0.2) is 0 Å². The Morgan fingerprint density at radius 2 is 1.52 bits per heavy atom. The fourth-order valence-electron chi connectivity index (χ4n) is 7.17. The predicted octanol–water partition coefficient (Wildman–Crippen LogP) is 10.5. The third kappa shape index (κ3) is 10.3. The number of imide groups is 1. The molecule has 3 amide bonds. The molecule has 7 nitrogen and oxygen atoms in total. The Kier molecular flexibility index (Phi) is 15.3. The van der Waals surface area contributed by atoms with Gasteiger partial charge in [-0.1, -0.05) is 125 Å². The van der Waals surface area contributed by atoms with Crippen LogP contribution in [0.1, 0.15) is 129 Å². The molecule has 4 atom stereocenters. The van der Waals surface area contributed by atoms with Crippen LogP contribution in [0.25, 0.3) is 0 Å². The Morgan fingerprint density at radius 3 is 2.10 bits per heavy atom. The lowest BCUT2D eigenvalue weighted by atomic mass is 9.81. The highest BCUT2D eigenvalue weighted by Crippen LogP contribution is 2.45. The molecule has 1 aromatic carbocycles. The molecule has 2 aliphatic heterocycles. The number of nitrogens with zero attached hydrogens (tertiary/aromatic N) is 3. The Morgan fingerprint density at radius 1 is 0.896 bits per heavy atom. The van der Waals surface area contributed by atoms with Gasteiger partial charge in [-0.15, -0.1) is 11.6 Å². The number of amides is 3. The number of unbranched alkanes of at least 4 members (excludes halogenated alkanes) is 10. The zero-order valence-corrected chi connectivity index (χ0v) is 31.3. The number of hydrogen-bond donors (Lipinski definition) is 1. The van der Waals surface area contributed by atoms with E-state index in [1.807, 2.05) is 13.0 Å². The van der Waals surface area contributed by atoms with Crippen molar-refractivity contribution in [3.63, 3.8) is 0 Å².